The molecule has 3 heteroatoms. The lowest BCUT2D eigenvalue weighted by Gasteiger charge is -2.06. The fourth-order valence-corrected chi connectivity index (χ4v) is 2.01. The molecule has 2 aromatic rings. The first-order valence-corrected chi connectivity index (χ1v) is 7.27. The quantitative estimate of drug-likeness (QED) is 0.756. The molecule has 0 atom stereocenters. The number of benzene rings is 2. The van der Waals surface area contributed by atoms with Crippen molar-refractivity contribution in [1.82, 2.24) is 5.32 Å². The maximum atomic E-state index is 11.7. The van der Waals surface area contributed by atoms with Crippen molar-refractivity contribution in [2.24, 2.45) is 0 Å². The molecule has 110 valence electrons. The molecule has 21 heavy (non-hydrogen) atoms. The Bertz CT molecular complexity index is 525. The number of nitrogens with one attached hydrogen (secondary N) is 1. The van der Waals surface area contributed by atoms with Crippen molar-refractivity contribution in [3.05, 3.63) is 71.8 Å². The van der Waals surface area contributed by atoms with Gasteiger partial charge >= 0.3 is 0 Å². The summed E-state index contributed by atoms with van der Waals surface area (Å²) in [5, 5.41) is 2.91. The summed E-state index contributed by atoms with van der Waals surface area (Å²) in [6.07, 6.45) is 1.26. The van der Waals surface area contributed by atoms with E-state index in [4.69, 9.17) is 4.74 Å². The Morgan fingerprint density at radius 1 is 0.905 bits per heavy atom. The average molecular weight is 283 g/mol. The normalized spacial score (nSPS) is 10.3. The van der Waals surface area contributed by atoms with Crippen LogP contribution in [-0.2, 0) is 22.6 Å². The van der Waals surface area contributed by atoms with Gasteiger partial charge in [-0.15, -0.1) is 0 Å². The summed E-state index contributed by atoms with van der Waals surface area (Å²) in [6.45, 7) is 1.67. The zero-order chi connectivity index (χ0) is 14.8. The summed E-state index contributed by atoms with van der Waals surface area (Å²) in [6, 6.07) is 20.1. The van der Waals surface area contributed by atoms with E-state index in [1.54, 1.807) is 0 Å². The lowest BCUT2D eigenvalue weighted by atomic mass is 10.1. The Hall–Kier alpha value is -2.13. The van der Waals surface area contributed by atoms with Gasteiger partial charge in [-0.05, 0) is 17.5 Å². The van der Waals surface area contributed by atoms with Gasteiger partial charge in [0.15, 0.2) is 0 Å². The zero-order valence-electron chi connectivity index (χ0n) is 12.1. The van der Waals surface area contributed by atoms with Crippen molar-refractivity contribution >= 4 is 5.91 Å². The minimum Gasteiger partial charge on any atom is -0.376 e. The average Bonchev–Trinajstić information content (AvgIpc) is 2.54. The van der Waals surface area contributed by atoms with E-state index >= 15 is 0 Å². The highest BCUT2D eigenvalue weighted by Gasteiger charge is 2.01. The molecule has 0 aliphatic heterocycles. The van der Waals surface area contributed by atoms with Gasteiger partial charge in [-0.1, -0.05) is 60.7 Å². The van der Waals surface area contributed by atoms with E-state index in [0.29, 0.717) is 26.2 Å². The second-order valence-corrected chi connectivity index (χ2v) is 4.87. The van der Waals surface area contributed by atoms with Gasteiger partial charge in [0.1, 0.15) is 0 Å². The monoisotopic (exact) mass is 283 g/mol. The molecule has 3 nitrogen and oxygen atoms in total. The molecular weight excluding hydrogens is 262 g/mol. The topological polar surface area (TPSA) is 38.3 Å². The molecule has 0 saturated carbocycles. The van der Waals surface area contributed by atoms with Crippen LogP contribution in [0.5, 0.6) is 0 Å². The molecule has 1 N–H and O–H groups in total. The molecule has 2 rings (SSSR count). The van der Waals surface area contributed by atoms with Crippen LogP contribution in [0.3, 0.4) is 0 Å². The van der Waals surface area contributed by atoms with Crippen LogP contribution < -0.4 is 5.32 Å². The van der Waals surface area contributed by atoms with Crippen molar-refractivity contribution < 1.29 is 9.53 Å². The van der Waals surface area contributed by atoms with Gasteiger partial charge in [0, 0.05) is 13.0 Å². The van der Waals surface area contributed by atoms with Crippen LogP contribution >= 0.6 is 0 Å². The van der Waals surface area contributed by atoms with Gasteiger partial charge in [0.25, 0.3) is 0 Å². The van der Waals surface area contributed by atoms with Crippen LogP contribution in [-0.4, -0.2) is 19.1 Å². The van der Waals surface area contributed by atoms with E-state index < -0.39 is 0 Å². The first-order valence-electron chi connectivity index (χ1n) is 7.27. The van der Waals surface area contributed by atoms with E-state index in [1.807, 2.05) is 48.5 Å². The number of rotatable bonds is 8. The van der Waals surface area contributed by atoms with E-state index in [9.17, 15) is 4.79 Å². The maximum absolute atomic E-state index is 11.7. The van der Waals surface area contributed by atoms with Gasteiger partial charge in [-0.3, -0.25) is 4.79 Å². The molecule has 0 saturated heterocycles. The van der Waals surface area contributed by atoms with Crippen LogP contribution in [0.1, 0.15) is 17.5 Å². The third kappa shape index (κ3) is 6.23. The highest BCUT2D eigenvalue weighted by Crippen LogP contribution is 2.01. The minimum absolute atomic E-state index is 0.0407. The van der Waals surface area contributed by atoms with Crippen LogP contribution in [0.15, 0.2) is 60.7 Å². The highest BCUT2D eigenvalue weighted by molar-refractivity contribution is 5.75. The maximum Gasteiger partial charge on any atom is 0.222 e. The summed E-state index contributed by atoms with van der Waals surface area (Å²) in [7, 11) is 0. The van der Waals surface area contributed by atoms with Gasteiger partial charge in [-0.2, -0.15) is 0 Å². The van der Waals surface area contributed by atoms with E-state index in [0.717, 1.165) is 12.0 Å². The van der Waals surface area contributed by atoms with Gasteiger partial charge < -0.3 is 10.1 Å². The molecule has 2 aromatic carbocycles. The Morgan fingerprint density at radius 2 is 1.52 bits per heavy atom. The summed E-state index contributed by atoms with van der Waals surface area (Å²) < 4.78 is 5.49. The zero-order valence-corrected chi connectivity index (χ0v) is 12.1. The van der Waals surface area contributed by atoms with Crippen LogP contribution in [0, 0.1) is 0 Å². The molecule has 0 aliphatic carbocycles. The molecule has 1 amide bonds. The summed E-state index contributed by atoms with van der Waals surface area (Å²) in [5.41, 5.74) is 2.36. The van der Waals surface area contributed by atoms with Crippen molar-refractivity contribution in [1.29, 1.82) is 0 Å². The lowest BCUT2D eigenvalue weighted by Crippen LogP contribution is -2.26. The van der Waals surface area contributed by atoms with Crippen molar-refractivity contribution in [2.45, 2.75) is 19.4 Å². The largest absolute Gasteiger partial charge is 0.376 e. The van der Waals surface area contributed by atoms with Gasteiger partial charge in [-0.25, -0.2) is 0 Å². The summed E-state index contributed by atoms with van der Waals surface area (Å²) >= 11 is 0. The molecule has 0 radical (unpaired) electrons. The van der Waals surface area contributed by atoms with Crippen LogP contribution in [0.25, 0.3) is 0 Å². The molecule has 0 spiro atoms. The van der Waals surface area contributed by atoms with Crippen molar-refractivity contribution in [3.63, 3.8) is 0 Å². The van der Waals surface area contributed by atoms with Crippen LogP contribution in [0.4, 0.5) is 0 Å². The lowest BCUT2D eigenvalue weighted by molar-refractivity contribution is -0.122. The summed E-state index contributed by atoms with van der Waals surface area (Å²) in [5.74, 6) is 0.0407. The summed E-state index contributed by atoms with van der Waals surface area (Å²) in [4.78, 5) is 11.7. The number of carbonyl (C=O) groups is 1. The SMILES string of the molecule is O=C(CCOCc1ccccc1)NCCc1ccccc1. The van der Waals surface area contributed by atoms with Crippen molar-refractivity contribution in [3.8, 4) is 0 Å². The molecule has 0 heterocycles. The first kappa shape index (κ1) is 15.3. The van der Waals surface area contributed by atoms with Gasteiger partial charge in [0.2, 0.25) is 5.91 Å². The molecule has 0 aliphatic rings. The van der Waals surface area contributed by atoms with Gasteiger partial charge in [0.05, 0.1) is 13.2 Å². The Morgan fingerprint density at radius 3 is 2.19 bits per heavy atom. The molecular formula is C18H21NO2. The van der Waals surface area contributed by atoms with E-state index in [2.05, 4.69) is 17.4 Å². The second kappa shape index (κ2) is 8.93. The number of hydrogen-bond acceptors (Lipinski definition) is 2. The van der Waals surface area contributed by atoms with E-state index in [-0.39, 0.29) is 5.91 Å². The fraction of sp³-hybridized carbons (Fsp3) is 0.278. The Labute approximate surface area is 126 Å². The Balaban J connectivity index is 1.54. The molecule has 0 fully saturated rings. The number of ether oxygens (including phenoxy) is 1. The highest BCUT2D eigenvalue weighted by atomic mass is 16.5. The number of amides is 1. The molecule has 0 bridgehead atoms. The molecule has 0 unspecified atom stereocenters. The third-order valence-electron chi connectivity index (χ3n) is 3.16. The molecule has 0 aromatic heterocycles. The Kier molecular flexibility index (Phi) is 6.49. The van der Waals surface area contributed by atoms with E-state index in [1.165, 1.54) is 5.56 Å². The third-order valence-corrected chi connectivity index (χ3v) is 3.16. The predicted octanol–water partition coefficient (Wildman–Crippen LogP) is 2.95. The fourth-order valence-electron chi connectivity index (χ4n) is 2.01. The predicted molar refractivity (Wildman–Crippen MR) is 83.9 cm³/mol. The first-order chi connectivity index (χ1) is 10.3. The number of hydrogen-bond donors (Lipinski definition) is 1. The minimum atomic E-state index is 0.0407. The standard InChI is InChI=1S/C18H21NO2/c20-18(19-13-11-16-7-3-1-4-8-16)12-14-21-15-17-9-5-2-6-10-17/h1-10H,11-15H2,(H,19,20). The van der Waals surface area contributed by atoms with Crippen LogP contribution in [0.2, 0.25) is 0 Å². The second-order valence-electron chi connectivity index (χ2n) is 4.87. The van der Waals surface area contributed by atoms with Crippen molar-refractivity contribution in [2.75, 3.05) is 13.2 Å². The smallest absolute Gasteiger partial charge is 0.222 e. The number of carbonyl (C=O) groups excluding carboxylic acids is 1.